The van der Waals surface area contributed by atoms with E-state index in [1.165, 1.54) is 25.1 Å². The number of carbonyl (C=O) groups excluding carboxylic acids is 4. The van der Waals surface area contributed by atoms with Crippen LogP contribution in [-0.4, -0.2) is 71.4 Å². The van der Waals surface area contributed by atoms with Gasteiger partial charge in [0, 0.05) is 33.3 Å². The number of aliphatic hydroxyl groups excluding tert-OH is 2. The second kappa shape index (κ2) is 12.0. The maximum Gasteiger partial charge on any atom is 0.303 e. The maximum atomic E-state index is 12.0. The van der Waals surface area contributed by atoms with Crippen LogP contribution in [0, 0.1) is 0 Å². The summed E-state index contributed by atoms with van der Waals surface area (Å²) in [6.07, 6.45) is -6.77. The number of benzene rings is 1. The van der Waals surface area contributed by atoms with E-state index in [1.807, 2.05) is 0 Å². The van der Waals surface area contributed by atoms with Gasteiger partial charge < -0.3 is 43.1 Å². The molecule has 1 aliphatic heterocycles. The maximum absolute atomic E-state index is 12.0. The summed E-state index contributed by atoms with van der Waals surface area (Å²) in [5, 5.41) is 19.5. The molecule has 0 aliphatic carbocycles. The lowest BCUT2D eigenvalue weighted by atomic mass is 9.98. The van der Waals surface area contributed by atoms with Gasteiger partial charge in [0.2, 0.25) is 12.4 Å². The van der Waals surface area contributed by atoms with Crippen molar-refractivity contribution in [2.45, 2.75) is 71.6 Å². The Morgan fingerprint density at radius 3 is 2.03 bits per heavy atom. The van der Waals surface area contributed by atoms with Crippen LogP contribution in [0.25, 0.3) is 11.0 Å². The zero-order valence-electron chi connectivity index (χ0n) is 20.6. The molecule has 3 rings (SSSR count). The Kier molecular flexibility index (Phi) is 9.08. The molecule has 0 amide bonds. The zero-order valence-corrected chi connectivity index (χ0v) is 20.6. The van der Waals surface area contributed by atoms with Gasteiger partial charge in [0.1, 0.15) is 36.4 Å². The van der Waals surface area contributed by atoms with Gasteiger partial charge in [-0.3, -0.25) is 19.2 Å². The highest BCUT2D eigenvalue weighted by atomic mass is 16.7. The number of rotatable bonds is 9. The Hall–Kier alpha value is -3.68. The van der Waals surface area contributed by atoms with Gasteiger partial charge in [-0.05, 0) is 18.2 Å². The van der Waals surface area contributed by atoms with Crippen LogP contribution in [0.3, 0.4) is 0 Å². The minimum Gasteiger partial charge on any atom is -0.463 e. The number of esters is 4. The van der Waals surface area contributed by atoms with Crippen molar-refractivity contribution in [3.05, 3.63) is 29.5 Å². The number of ether oxygens (including phenoxy) is 6. The fraction of sp³-hybridized carbons (Fsp3) is 0.500. The number of carbonyl (C=O) groups is 4. The molecule has 1 aromatic carbocycles. The van der Waals surface area contributed by atoms with E-state index in [4.69, 9.17) is 32.8 Å². The van der Waals surface area contributed by atoms with E-state index in [-0.39, 0.29) is 23.7 Å². The molecule has 2 N–H and O–H groups in total. The Morgan fingerprint density at radius 1 is 0.838 bits per heavy atom. The van der Waals surface area contributed by atoms with Crippen molar-refractivity contribution in [2.75, 3.05) is 6.61 Å². The summed E-state index contributed by atoms with van der Waals surface area (Å²) in [7, 11) is 0. The van der Waals surface area contributed by atoms with Crippen LogP contribution in [0.5, 0.6) is 5.75 Å². The summed E-state index contributed by atoms with van der Waals surface area (Å²) in [4.78, 5) is 47.3. The third-order valence-electron chi connectivity index (χ3n) is 5.29. The average molecular weight is 524 g/mol. The second-order valence-corrected chi connectivity index (χ2v) is 8.18. The van der Waals surface area contributed by atoms with Gasteiger partial charge >= 0.3 is 23.9 Å². The molecule has 0 unspecified atom stereocenters. The lowest BCUT2D eigenvalue weighted by Crippen LogP contribution is -2.63. The molecule has 13 heteroatoms. The largest absolute Gasteiger partial charge is 0.463 e. The normalized spacial score (nSPS) is 23.2. The molecular formula is C24H28O13. The van der Waals surface area contributed by atoms with E-state index in [1.54, 1.807) is 0 Å². The molecule has 2 aromatic rings. The van der Waals surface area contributed by atoms with Crippen LogP contribution < -0.4 is 4.74 Å². The molecule has 2 heterocycles. The van der Waals surface area contributed by atoms with Crippen LogP contribution in [0.1, 0.15) is 39.0 Å². The summed E-state index contributed by atoms with van der Waals surface area (Å²) >= 11 is 0. The zero-order chi connectivity index (χ0) is 27.3. The van der Waals surface area contributed by atoms with Crippen molar-refractivity contribution in [1.82, 2.24) is 0 Å². The van der Waals surface area contributed by atoms with E-state index in [9.17, 15) is 29.4 Å². The van der Waals surface area contributed by atoms with E-state index in [2.05, 4.69) is 0 Å². The first-order chi connectivity index (χ1) is 17.5. The number of aliphatic hydroxyl groups is 2. The average Bonchev–Trinajstić information content (AvgIpc) is 3.26. The molecule has 0 bridgehead atoms. The Morgan fingerprint density at radius 2 is 1.46 bits per heavy atom. The van der Waals surface area contributed by atoms with E-state index < -0.39 is 67.8 Å². The fourth-order valence-corrected chi connectivity index (χ4v) is 3.92. The number of fused-ring (bicyclic) bond motifs is 1. The third-order valence-corrected chi connectivity index (χ3v) is 5.29. The monoisotopic (exact) mass is 524 g/mol. The predicted octanol–water partition coefficient (Wildman–Crippen LogP) is 0.879. The van der Waals surface area contributed by atoms with Gasteiger partial charge in [0.25, 0.3) is 0 Å². The molecule has 0 spiro atoms. The van der Waals surface area contributed by atoms with Crippen molar-refractivity contribution in [2.24, 2.45) is 0 Å². The summed E-state index contributed by atoms with van der Waals surface area (Å²) in [6.45, 7) is 3.34. The molecule has 37 heavy (non-hydrogen) atoms. The molecule has 5 atom stereocenters. The van der Waals surface area contributed by atoms with Gasteiger partial charge in [0.05, 0.1) is 12.0 Å². The summed E-state index contributed by atoms with van der Waals surface area (Å²) < 4.78 is 38.7. The van der Waals surface area contributed by atoms with Crippen molar-refractivity contribution in [3.63, 3.8) is 0 Å². The second-order valence-electron chi connectivity index (χ2n) is 8.18. The van der Waals surface area contributed by atoms with Crippen LogP contribution in [0.2, 0.25) is 0 Å². The van der Waals surface area contributed by atoms with Gasteiger partial charge in [-0.25, -0.2) is 0 Å². The molecule has 202 valence electrons. The van der Waals surface area contributed by atoms with E-state index in [0.717, 1.165) is 20.8 Å². The Bertz CT molecular complexity index is 1150. The first-order valence-electron chi connectivity index (χ1n) is 11.3. The van der Waals surface area contributed by atoms with Gasteiger partial charge in [-0.1, -0.05) is 0 Å². The molecule has 13 nitrogen and oxygen atoms in total. The molecule has 1 fully saturated rings. The summed E-state index contributed by atoms with van der Waals surface area (Å²) in [5.41, 5.74) is 0.665. The molecular weight excluding hydrogens is 496 g/mol. The molecule has 0 saturated carbocycles. The molecule has 1 aliphatic rings. The Balaban J connectivity index is 2.07. The predicted molar refractivity (Wildman–Crippen MR) is 121 cm³/mol. The number of hydrogen-bond donors (Lipinski definition) is 2. The van der Waals surface area contributed by atoms with Crippen molar-refractivity contribution < 1.29 is 62.2 Å². The molecule has 1 saturated heterocycles. The van der Waals surface area contributed by atoms with Crippen LogP contribution in [0.4, 0.5) is 0 Å². The first-order valence-corrected chi connectivity index (χ1v) is 11.3. The van der Waals surface area contributed by atoms with Gasteiger partial charge in [-0.15, -0.1) is 0 Å². The first kappa shape index (κ1) is 27.9. The third kappa shape index (κ3) is 6.76. The number of furan rings is 1. The highest BCUT2D eigenvalue weighted by molar-refractivity contribution is 5.87. The topological polar surface area (TPSA) is 177 Å². The lowest BCUT2D eigenvalue weighted by Gasteiger charge is -2.43. The van der Waals surface area contributed by atoms with Gasteiger partial charge in [-0.2, -0.15) is 0 Å². The smallest absolute Gasteiger partial charge is 0.303 e. The van der Waals surface area contributed by atoms with Crippen LogP contribution in [0.15, 0.2) is 22.6 Å². The summed E-state index contributed by atoms with van der Waals surface area (Å²) in [5.74, 6) is -2.60. The van der Waals surface area contributed by atoms with Crippen LogP contribution >= 0.6 is 0 Å². The van der Waals surface area contributed by atoms with E-state index in [0.29, 0.717) is 10.9 Å². The highest BCUT2D eigenvalue weighted by Gasteiger charge is 2.53. The van der Waals surface area contributed by atoms with E-state index >= 15 is 0 Å². The highest BCUT2D eigenvalue weighted by Crippen LogP contribution is 2.36. The minimum absolute atomic E-state index is 0.150. The van der Waals surface area contributed by atoms with Crippen molar-refractivity contribution in [1.29, 1.82) is 0 Å². The quantitative estimate of drug-likeness (QED) is 0.349. The van der Waals surface area contributed by atoms with Crippen molar-refractivity contribution in [3.8, 4) is 5.75 Å². The molecule has 0 radical (unpaired) electrons. The summed E-state index contributed by atoms with van der Waals surface area (Å²) in [6, 6.07) is 4.52. The van der Waals surface area contributed by atoms with Crippen LogP contribution in [-0.2, 0) is 56.1 Å². The van der Waals surface area contributed by atoms with Crippen molar-refractivity contribution >= 4 is 34.8 Å². The Labute approximate surface area is 211 Å². The SMILES string of the molecule is CC(=O)OC[C@H]1O[C@@H](Oc2ccc(CO)c3oc(CO)cc23)[C@H](OC(C)=O)[C@@H](OC(C)=O)[C@H]1OC(C)=O. The number of hydrogen-bond acceptors (Lipinski definition) is 13. The molecule has 1 aromatic heterocycles. The lowest BCUT2D eigenvalue weighted by molar-refractivity contribution is -0.288. The standard InChI is InChI=1S/C24H28O13/c1-11(27)31-10-19-21(32-12(2)28)22(33-13(3)29)23(34-14(4)30)24(37-19)36-18-6-5-15(8-25)20-17(18)7-16(9-26)35-20/h5-7,19,21-26H,8-10H2,1-4H3/t19-,21+,22+,23-,24-/m1/s1. The minimum atomic E-state index is -1.45. The fourth-order valence-electron chi connectivity index (χ4n) is 3.92. The van der Waals surface area contributed by atoms with Gasteiger partial charge in [0.15, 0.2) is 12.2 Å².